The Morgan fingerprint density at radius 3 is 2.88 bits per heavy atom. The van der Waals surface area contributed by atoms with Crippen molar-refractivity contribution >= 4 is 17.5 Å². The lowest BCUT2D eigenvalue weighted by molar-refractivity contribution is 0.0926. The molecule has 5 nitrogen and oxygen atoms in total. The second-order valence-electron chi connectivity index (χ2n) is 3.31. The molecule has 0 fully saturated rings. The van der Waals surface area contributed by atoms with Crippen LogP contribution in [0.2, 0.25) is 5.02 Å². The van der Waals surface area contributed by atoms with Gasteiger partial charge in [0.05, 0.1) is 17.3 Å². The van der Waals surface area contributed by atoms with Crippen molar-refractivity contribution in [3.05, 3.63) is 16.4 Å². The molecule has 0 spiro atoms. The number of methoxy groups -OCH3 is 1. The maximum absolute atomic E-state index is 11.8. The van der Waals surface area contributed by atoms with Crippen molar-refractivity contribution in [1.29, 1.82) is 0 Å². The second-order valence-corrected chi connectivity index (χ2v) is 3.69. The molecule has 0 aliphatic rings. The third kappa shape index (κ3) is 2.74. The van der Waals surface area contributed by atoms with E-state index in [9.17, 15) is 4.79 Å². The Bertz CT molecular complexity index is 376. The lowest BCUT2D eigenvalue weighted by Gasteiger charge is -2.06. The van der Waals surface area contributed by atoms with Crippen LogP contribution in [0.5, 0.6) is 0 Å². The number of hydrogen-bond donors (Lipinski definition) is 1. The number of aryl methyl sites for hydroxylation is 2. The molecule has 1 amide bonds. The SMILES string of the molecule is CCn1nc(C)c(Cl)c1C(=O)NCCOC. The Kier molecular flexibility index (Phi) is 4.76. The average molecular weight is 246 g/mol. The minimum atomic E-state index is -0.218. The van der Waals surface area contributed by atoms with E-state index in [1.165, 1.54) is 0 Å². The standard InChI is InChI=1S/C10H16ClN3O2/c1-4-14-9(8(11)7(2)13-14)10(15)12-5-6-16-3/h4-6H2,1-3H3,(H,12,15). The minimum absolute atomic E-state index is 0.218. The number of carbonyl (C=O) groups is 1. The highest BCUT2D eigenvalue weighted by Crippen LogP contribution is 2.19. The Morgan fingerprint density at radius 1 is 1.62 bits per heavy atom. The lowest BCUT2D eigenvalue weighted by Crippen LogP contribution is -2.29. The van der Waals surface area contributed by atoms with Gasteiger partial charge in [-0.1, -0.05) is 11.6 Å². The molecule has 0 aromatic carbocycles. The van der Waals surface area contributed by atoms with E-state index < -0.39 is 0 Å². The van der Waals surface area contributed by atoms with Gasteiger partial charge in [-0.25, -0.2) is 0 Å². The van der Waals surface area contributed by atoms with Gasteiger partial charge < -0.3 is 10.1 Å². The predicted molar refractivity (Wildman–Crippen MR) is 61.9 cm³/mol. The minimum Gasteiger partial charge on any atom is -0.383 e. The predicted octanol–water partition coefficient (Wildman–Crippen LogP) is 1.24. The zero-order valence-corrected chi connectivity index (χ0v) is 10.5. The molecule has 1 aromatic rings. The van der Waals surface area contributed by atoms with Crippen molar-refractivity contribution in [2.24, 2.45) is 0 Å². The maximum Gasteiger partial charge on any atom is 0.271 e. The summed E-state index contributed by atoms with van der Waals surface area (Å²) in [6.45, 7) is 5.23. The molecule has 1 rings (SSSR count). The van der Waals surface area contributed by atoms with E-state index in [1.807, 2.05) is 6.92 Å². The normalized spacial score (nSPS) is 10.5. The third-order valence-corrected chi connectivity index (χ3v) is 2.61. The Labute approximate surface area is 99.7 Å². The summed E-state index contributed by atoms with van der Waals surface area (Å²) in [6, 6.07) is 0. The quantitative estimate of drug-likeness (QED) is 0.795. The summed E-state index contributed by atoms with van der Waals surface area (Å²) >= 11 is 6.02. The summed E-state index contributed by atoms with van der Waals surface area (Å²) in [5, 5.41) is 7.30. The van der Waals surface area contributed by atoms with Gasteiger partial charge in [0.25, 0.3) is 5.91 Å². The first-order chi connectivity index (χ1) is 7.61. The third-order valence-electron chi connectivity index (χ3n) is 2.16. The molecule has 6 heteroatoms. The van der Waals surface area contributed by atoms with Crippen LogP contribution < -0.4 is 5.32 Å². The zero-order chi connectivity index (χ0) is 12.1. The van der Waals surface area contributed by atoms with Crippen LogP contribution >= 0.6 is 11.6 Å². The summed E-state index contributed by atoms with van der Waals surface area (Å²) in [6.07, 6.45) is 0. The number of halogens is 1. The van der Waals surface area contributed by atoms with E-state index in [0.29, 0.717) is 36.1 Å². The van der Waals surface area contributed by atoms with Gasteiger partial charge in [0.15, 0.2) is 0 Å². The summed E-state index contributed by atoms with van der Waals surface area (Å²) in [5.41, 5.74) is 1.08. The first-order valence-electron chi connectivity index (χ1n) is 5.11. The van der Waals surface area contributed by atoms with Gasteiger partial charge in [0.2, 0.25) is 0 Å². The number of ether oxygens (including phenoxy) is 1. The van der Waals surface area contributed by atoms with E-state index in [4.69, 9.17) is 16.3 Å². The summed E-state index contributed by atoms with van der Waals surface area (Å²) in [4.78, 5) is 11.8. The second kappa shape index (κ2) is 5.86. The van der Waals surface area contributed by atoms with Crippen molar-refractivity contribution < 1.29 is 9.53 Å². The van der Waals surface area contributed by atoms with Crippen LogP contribution in [0.3, 0.4) is 0 Å². The number of rotatable bonds is 5. The van der Waals surface area contributed by atoms with Crippen molar-refractivity contribution in [2.75, 3.05) is 20.3 Å². The Morgan fingerprint density at radius 2 is 2.31 bits per heavy atom. The highest BCUT2D eigenvalue weighted by atomic mass is 35.5. The van der Waals surface area contributed by atoms with E-state index in [1.54, 1.807) is 18.7 Å². The van der Waals surface area contributed by atoms with Crippen molar-refractivity contribution in [3.63, 3.8) is 0 Å². The summed E-state index contributed by atoms with van der Waals surface area (Å²) < 4.78 is 6.45. The molecule has 90 valence electrons. The molecule has 0 bridgehead atoms. The van der Waals surface area contributed by atoms with Crippen LogP contribution in [0.4, 0.5) is 0 Å². The van der Waals surface area contributed by atoms with E-state index in [-0.39, 0.29) is 5.91 Å². The smallest absolute Gasteiger partial charge is 0.271 e. The number of aromatic nitrogens is 2. The topological polar surface area (TPSA) is 56.2 Å². The number of amides is 1. The fourth-order valence-electron chi connectivity index (χ4n) is 1.36. The van der Waals surface area contributed by atoms with E-state index >= 15 is 0 Å². The summed E-state index contributed by atoms with van der Waals surface area (Å²) in [5.74, 6) is -0.218. The molecule has 1 N–H and O–H groups in total. The molecule has 0 unspecified atom stereocenters. The van der Waals surface area contributed by atoms with Crippen LogP contribution in [-0.4, -0.2) is 35.9 Å². The molecule has 1 heterocycles. The Hall–Kier alpha value is -1.07. The monoisotopic (exact) mass is 245 g/mol. The van der Waals surface area contributed by atoms with Crippen LogP contribution in [0.15, 0.2) is 0 Å². The lowest BCUT2D eigenvalue weighted by atomic mass is 10.3. The number of carbonyl (C=O) groups excluding carboxylic acids is 1. The van der Waals surface area contributed by atoms with Crippen molar-refractivity contribution in [1.82, 2.24) is 15.1 Å². The molecule has 0 saturated carbocycles. The average Bonchev–Trinajstić information content (AvgIpc) is 2.55. The largest absolute Gasteiger partial charge is 0.383 e. The van der Waals surface area contributed by atoms with Crippen molar-refractivity contribution in [2.45, 2.75) is 20.4 Å². The number of hydrogen-bond acceptors (Lipinski definition) is 3. The number of nitrogens with one attached hydrogen (secondary N) is 1. The van der Waals surface area contributed by atoms with Crippen LogP contribution in [0, 0.1) is 6.92 Å². The first-order valence-corrected chi connectivity index (χ1v) is 5.49. The molecule has 0 aliphatic carbocycles. The van der Waals surface area contributed by atoms with Crippen LogP contribution in [-0.2, 0) is 11.3 Å². The summed E-state index contributed by atoms with van der Waals surface area (Å²) in [7, 11) is 1.58. The van der Waals surface area contributed by atoms with Crippen molar-refractivity contribution in [3.8, 4) is 0 Å². The van der Waals surface area contributed by atoms with Gasteiger partial charge in [-0.2, -0.15) is 5.10 Å². The van der Waals surface area contributed by atoms with E-state index in [0.717, 1.165) is 0 Å². The molecule has 0 atom stereocenters. The van der Waals surface area contributed by atoms with E-state index in [2.05, 4.69) is 10.4 Å². The fourth-order valence-corrected chi connectivity index (χ4v) is 1.58. The first kappa shape index (κ1) is 13.0. The molecule has 0 saturated heterocycles. The van der Waals surface area contributed by atoms with Gasteiger partial charge in [0, 0.05) is 20.2 Å². The zero-order valence-electron chi connectivity index (χ0n) is 9.71. The van der Waals surface area contributed by atoms with Gasteiger partial charge in [0.1, 0.15) is 5.69 Å². The molecule has 0 radical (unpaired) electrons. The highest BCUT2D eigenvalue weighted by Gasteiger charge is 2.19. The van der Waals surface area contributed by atoms with Crippen LogP contribution in [0.1, 0.15) is 23.1 Å². The molecular formula is C10H16ClN3O2. The molecule has 1 aromatic heterocycles. The van der Waals surface area contributed by atoms with Gasteiger partial charge in [-0.3, -0.25) is 9.48 Å². The van der Waals surface area contributed by atoms with Crippen LogP contribution in [0.25, 0.3) is 0 Å². The molecular weight excluding hydrogens is 230 g/mol. The number of nitrogens with zero attached hydrogens (tertiary/aromatic N) is 2. The Balaban J connectivity index is 2.81. The van der Waals surface area contributed by atoms with Gasteiger partial charge >= 0.3 is 0 Å². The maximum atomic E-state index is 11.8. The van der Waals surface area contributed by atoms with Gasteiger partial charge in [-0.15, -0.1) is 0 Å². The molecule has 16 heavy (non-hydrogen) atoms. The fraction of sp³-hybridized carbons (Fsp3) is 0.600. The highest BCUT2D eigenvalue weighted by molar-refractivity contribution is 6.34. The van der Waals surface area contributed by atoms with Gasteiger partial charge in [-0.05, 0) is 13.8 Å². The molecule has 0 aliphatic heterocycles.